The van der Waals surface area contributed by atoms with Crippen molar-refractivity contribution in [3.8, 4) is 0 Å². The molecule has 3 nitrogen and oxygen atoms in total. The molecule has 0 aromatic rings. The van der Waals surface area contributed by atoms with Crippen molar-refractivity contribution in [2.45, 2.75) is 51.2 Å². The molecule has 1 rings (SSSR count). The summed E-state index contributed by atoms with van der Waals surface area (Å²) in [5.41, 5.74) is 0.309. The van der Waals surface area contributed by atoms with E-state index in [-0.39, 0.29) is 17.6 Å². The smallest absolute Gasteiger partial charge is 0.153 e. The zero-order chi connectivity index (χ0) is 11.5. The van der Waals surface area contributed by atoms with Gasteiger partial charge in [0.1, 0.15) is 0 Å². The van der Waals surface area contributed by atoms with Crippen molar-refractivity contribution in [3.05, 3.63) is 0 Å². The molecule has 1 N–H and O–H groups in total. The highest BCUT2D eigenvalue weighted by molar-refractivity contribution is 7.92. The van der Waals surface area contributed by atoms with Crippen LogP contribution in [-0.4, -0.2) is 31.1 Å². The van der Waals surface area contributed by atoms with Gasteiger partial charge in [0, 0.05) is 6.61 Å². The molecule has 0 spiro atoms. The fourth-order valence-corrected chi connectivity index (χ4v) is 3.98. The van der Waals surface area contributed by atoms with Crippen molar-refractivity contribution in [3.63, 3.8) is 0 Å². The number of sulfone groups is 1. The summed E-state index contributed by atoms with van der Waals surface area (Å²) in [5, 5.41) is 8.49. The Hall–Kier alpha value is -0.0900. The highest BCUT2D eigenvalue weighted by Crippen LogP contribution is 2.37. The predicted octanol–water partition coefficient (Wildman–Crippen LogP) is 1.75. The first-order valence-corrected chi connectivity index (χ1v) is 7.41. The molecule has 0 aromatic carbocycles. The molecule has 4 heteroatoms. The summed E-state index contributed by atoms with van der Waals surface area (Å²) in [6.45, 7) is 4.37. The summed E-state index contributed by atoms with van der Waals surface area (Å²) in [5.74, 6) is 0.147. The molecule has 0 heterocycles. The van der Waals surface area contributed by atoms with Crippen LogP contribution in [0.2, 0.25) is 0 Å². The first kappa shape index (κ1) is 13.0. The van der Waals surface area contributed by atoms with E-state index in [0.29, 0.717) is 11.8 Å². The Morgan fingerprint density at radius 3 is 2.27 bits per heavy atom. The Morgan fingerprint density at radius 1 is 1.27 bits per heavy atom. The van der Waals surface area contributed by atoms with Gasteiger partial charge in [-0.05, 0) is 37.5 Å². The average molecular weight is 234 g/mol. The van der Waals surface area contributed by atoms with Crippen molar-refractivity contribution in [2.75, 3.05) is 12.4 Å². The topological polar surface area (TPSA) is 54.4 Å². The molecule has 0 bridgehead atoms. The zero-order valence-electron chi connectivity index (χ0n) is 9.70. The third-order valence-corrected chi connectivity index (χ3v) is 5.73. The van der Waals surface area contributed by atoms with Crippen LogP contribution in [0.1, 0.15) is 46.0 Å². The van der Waals surface area contributed by atoms with Crippen LogP contribution < -0.4 is 0 Å². The number of aliphatic hydroxyl groups is 1. The Kier molecular flexibility index (Phi) is 4.18. The molecule has 1 aliphatic carbocycles. The summed E-state index contributed by atoms with van der Waals surface area (Å²) < 4.78 is 23.7. The number of rotatable bonds is 4. The molecular formula is C11H22O3S. The SMILES string of the molecule is CC1(C)CCC(S(=O)(=O)CCCO)CC1. The monoisotopic (exact) mass is 234 g/mol. The third-order valence-electron chi connectivity index (χ3n) is 3.38. The molecule has 0 radical (unpaired) electrons. The quantitative estimate of drug-likeness (QED) is 0.806. The lowest BCUT2D eigenvalue weighted by Crippen LogP contribution is -2.32. The number of hydrogen-bond donors (Lipinski definition) is 1. The van der Waals surface area contributed by atoms with E-state index < -0.39 is 9.84 Å². The van der Waals surface area contributed by atoms with E-state index in [2.05, 4.69) is 13.8 Å². The van der Waals surface area contributed by atoms with Gasteiger partial charge in [-0.15, -0.1) is 0 Å². The van der Waals surface area contributed by atoms with E-state index in [0.717, 1.165) is 25.7 Å². The van der Waals surface area contributed by atoms with Crippen LogP contribution in [0.4, 0.5) is 0 Å². The first-order chi connectivity index (χ1) is 6.87. The van der Waals surface area contributed by atoms with Crippen molar-refractivity contribution >= 4 is 9.84 Å². The molecule has 0 amide bonds. The van der Waals surface area contributed by atoms with Gasteiger partial charge in [0.2, 0.25) is 0 Å². The minimum atomic E-state index is -2.96. The Morgan fingerprint density at radius 2 is 1.80 bits per heavy atom. The fourth-order valence-electron chi connectivity index (χ4n) is 2.16. The summed E-state index contributed by atoms with van der Waals surface area (Å²) >= 11 is 0. The maximum absolute atomic E-state index is 11.8. The lowest BCUT2D eigenvalue weighted by Gasteiger charge is -2.33. The van der Waals surface area contributed by atoms with Crippen LogP contribution in [0.25, 0.3) is 0 Å². The number of aliphatic hydroxyl groups excluding tert-OH is 1. The van der Waals surface area contributed by atoms with Crippen molar-refractivity contribution in [1.29, 1.82) is 0 Å². The van der Waals surface area contributed by atoms with Crippen LogP contribution in [0, 0.1) is 5.41 Å². The van der Waals surface area contributed by atoms with Crippen LogP contribution >= 0.6 is 0 Å². The molecule has 1 fully saturated rings. The molecule has 15 heavy (non-hydrogen) atoms. The first-order valence-electron chi connectivity index (χ1n) is 5.70. The van der Waals surface area contributed by atoms with Crippen LogP contribution in [0.15, 0.2) is 0 Å². The zero-order valence-corrected chi connectivity index (χ0v) is 10.5. The lowest BCUT2D eigenvalue weighted by molar-refractivity contribution is 0.245. The van der Waals surface area contributed by atoms with E-state index in [9.17, 15) is 8.42 Å². The lowest BCUT2D eigenvalue weighted by atomic mass is 9.77. The van der Waals surface area contributed by atoms with Gasteiger partial charge in [-0.25, -0.2) is 8.42 Å². The van der Waals surface area contributed by atoms with E-state index in [4.69, 9.17) is 5.11 Å². The maximum atomic E-state index is 11.8. The molecule has 90 valence electrons. The van der Waals surface area contributed by atoms with E-state index >= 15 is 0 Å². The fraction of sp³-hybridized carbons (Fsp3) is 1.00. The van der Waals surface area contributed by atoms with Crippen LogP contribution in [0.5, 0.6) is 0 Å². The molecule has 1 saturated carbocycles. The largest absolute Gasteiger partial charge is 0.396 e. The Bertz CT molecular complexity index is 283. The van der Waals surface area contributed by atoms with Crippen LogP contribution in [0.3, 0.4) is 0 Å². The summed E-state index contributed by atoms with van der Waals surface area (Å²) in [6.07, 6.45) is 3.95. The van der Waals surface area contributed by atoms with Gasteiger partial charge in [0.15, 0.2) is 9.84 Å². The highest BCUT2D eigenvalue weighted by atomic mass is 32.2. The normalized spacial score (nSPS) is 22.9. The molecule has 0 saturated heterocycles. The second-order valence-electron chi connectivity index (χ2n) is 5.31. The van der Waals surface area contributed by atoms with Gasteiger partial charge in [-0.3, -0.25) is 0 Å². The van der Waals surface area contributed by atoms with Crippen molar-refractivity contribution in [1.82, 2.24) is 0 Å². The minimum absolute atomic E-state index is 0.0303. The van der Waals surface area contributed by atoms with Gasteiger partial charge in [-0.1, -0.05) is 13.8 Å². The van der Waals surface area contributed by atoms with Gasteiger partial charge in [-0.2, -0.15) is 0 Å². The van der Waals surface area contributed by atoms with Gasteiger partial charge < -0.3 is 5.11 Å². The number of hydrogen-bond acceptors (Lipinski definition) is 3. The Balaban J connectivity index is 2.52. The second-order valence-corrected chi connectivity index (χ2v) is 7.71. The highest BCUT2D eigenvalue weighted by Gasteiger charge is 2.33. The van der Waals surface area contributed by atoms with Crippen molar-refractivity contribution in [2.24, 2.45) is 5.41 Å². The second kappa shape index (κ2) is 4.83. The average Bonchev–Trinajstić information content (AvgIpc) is 2.14. The standard InChI is InChI=1S/C11H22O3S/c1-11(2)6-4-10(5-7-11)15(13,14)9-3-8-12/h10,12H,3-9H2,1-2H3. The van der Waals surface area contributed by atoms with Crippen LogP contribution in [-0.2, 0) is 9.84 Å². The van der Waals surface area contributed by atoms with Gasteiger partial charge in [0.25, 0.3) is 0 Å². The maximum Gasteiger partial charge on any atom is 0.153 e. The van der Waals surface area contributed by atoms with Crippen molar-refractivity contribution < 1.29 is 13.5 Å². The predicted molar refractivity (Wildman–Crippen MR) is 61.5 cm³/mol. The van der Waals surface area contributed by atoms with E-state index in [1.807, 2.05) is 0 Å². The minimum Gasteiger partial charge on any atom is -0.396 e. The molecule has 0 atom stereocenters. The van der Waals surface area contributed by atoms with E-state index in [1.165, 1.54) is 0 Å². The molecule has 1 aliphatic rings. The summed E-state index contributed by atoms with van der Waals surface area (Å²) in [4.78, 5) is 0. The molecule has 0 aliphatic heterocycles. The molecule has 0 unspecified atom stereocenters. The Labute approximate surface area is 92.8 Å². The van der Waals surface area contributed by atoms with E-state index in [1.54, 1.807) is 0 Å². The van der Waals surface area contributed by atoms with Gasteiger partial charge >= 0.3 is 0 Å². The summed E-state index contributed by atoms with van der Waals surface area (Å²) in [7, 11) is -2.96. The molecular weight excluding hydrogens is 212 g/mol. The van der Waals surface area contributed by atoms with Gasteiger partial charge in [0.05, 0.1) is 11.0 Å². The molecule has 0 aromatic heterocycles. The summed E-state index contributed by atoms with van der Waals surface area (Å²) in [6, 6.07) is 0. The third kappa shape index (κ3) is 3.76.